The van der Waals surface area contributed by atoms with Gasteiger partial charge >= 0.3 is 0 Å². The predicted molar refractivity (Wildman–Crippen MR) is 123 cm³/mol. The van der Waals surface area contributed by atoms with Gasteiger partial charge in [0, 0.05) is 17.3 Å². The van der Waals surface area contributed by atoms with Crippen LogP contribution >= 0.6 is 0 Å². The highest BCUT2D eigenvalue weighted by atomic mass is 16.5. The Morgan fingerprint density at radius 2 is 1.47 bits per heavy atom. The quantitative estimate of drug-likeness (QED) is 0.318. The molecule has 2 heterocycles. The number of aliphatic hydroxyl groups excluding tert-OH is 1. The molecule has 1 unspecified atom stereocenters. The molecule has 1 fully saturated rings. The molecule has 1 aliphatic heterocycles. The fourth-order valence-electron chi connectivity index (χ4n) is 3.93. The molecule has 34 heavy (non-hydrogen) atoms. The highest BCUT2D eigenvalue weighted by Gasteiger charge is 2.48. The fraction of sp³-hybridized carbons (Fsp3) is 0.200. The Bertz CT molecular complexity index is 1260. The predicted octanol–water partition coefficient (Wildman–Crippen LogP) is 3.94. The molecule has 1 aliphatic rings. The maximum Gasteiger partial charge on any atom is 0.300 e. The number of Topliss-reactive ketones (excluding diaryl/α,β-unsaturated/α-hetero) is 1. The third-order valence-corrected chi connectivity index (χ3v) is 5.56. The maximum absolute atomic E-state index is 13.2. The van der Waals surface area contributed by atoms with E-state index in [1.807, 2.05) is 0 Å². The molecule has 0 saturated carbocycles. The monoisotopic (exact) mass is 465 g/mol. The van der Waals surface area contributed by atoms with Crippen LogP contribution in [0.2, 0.25) is 0 Å². The zero-order valence-electron chi connectivity index (χ0n) is 19.0. The van der Waals surface area contributed by atoms with Crippen LogP contribution in [0, 0.1) is 0 Å². The van der Waals surface area contributed by atoms with Gasteiger partial charge in [0.25, 0.3) is 11.7 Å². The van der Waals surface area contributed by atoms with Crippen LogP contribution in [0.15, 0.2) is 64.8 Å². The standard InChI is InChI=1S/C25H23NO8/c1-30-16-9-7-14(12-19(16)32-3)23(27)21-22(18-6-5-11-34-18)26(25(29)24(21)28)15-8-10-17(31-2)20(13-15)33-4/h5-13,22,27H,1-4H3/b23-21-. The average molecular weight is 465 g/mol. The highest BCUT2D eigenvalue weighted by molar-refractivity contribution is 6.51. The van der Waals surface area contributed by atoms with Crippen LogP contribution < -0.4 is 23.8 Å². The van der Waals surface area contributed by atoms with Gasteiger partial charge in [-0.15, -0.1) is 0 Å². The summed E-state index contributed by atoms with van der Waals surface area (Å²) in [6.07, 6.45) is 1.43. The fourth-order valence-corrected chi connectivity index (χ4v) is 3.93. The molecule has 3 aromatic rings. The van der Waals surface area contributed by atoms with Gasteiger partial charge in [-0.05, 0) is 42.5 Å². The van der Waals surface area contributed by atoms with Gasteiger partial charge in [-0.25, -0.2) is 0 Å². The number of amides is 1. The molecule has 4 rings (SSSR count). The lowest BCUT2D eigenvalue weighted by molar-refractivity contribution is -0.132. The van der Waals surface area contributed by atoms with E-state index in [-0.39, 0.29) is 16.9 Å². The van der Waals surface area contributed by atoms with E-state index in [1.165, 1.54) is 45.7 Å². The normalized spacial score (nSPS) is 17.1. The first-order chi connectivity index (χ1) is 16.4. The number of carbonyl (C=O) groups excluding carboxylic acids is 2. The number of furan rings is 1. The minimum Gasteiger partial charge on any atom is -0.507 e. The molecule has 0 bridgehead atoms. The molecule has 1 saturated heterocycles. The number of anilines is 1. The van der Waals surface area contributed by atoms with Crippen LogP contribution in [0.1, 0.15) is 17.4 Å². The van der Waals surface area contributed by atoms with Crippen LogP contribution in [-0.4, -0.2) is 45.2 Å². The van der Waals surface area contributed by atoms with E-state index >= 15 is 0 Å². The zero-order chi connectivity index (χ0) is 24.4. The Labute approximate surface area is 195 Å². The van der Waals surface area contributed by atoms with Gasteiger partial charge in [0.1, 0.15) is 17.6 Å². The van der Waals surface area contributed by atoms with Crippen molar-refractivity contribution in [2.24, 2.45) is 0 Å². The molecule has 0 radical (unpaired) electrons. The summed E-state index contributed by atoms with van der Waals surface area (Å²) in [5.41, 5.74) is 0.522. The second-order valence-corrected chi connectivity index (χ2v) is 7.29. The Morgan fingerprint density at radius 3 is 2.06 bits per heavy atom. The summed E-state index contributed by atoms with van der Waals surface area (Å²) >= 11 is 0. The Balaban J connectivity index is 1.90. The lowest BCUT2D eigenvalue weighted by Gasteiger charge is -2.24. The van der Waals surface area contributed by atoms with E-state index < -0.39 is 17.7 Å². The number of ketones is 1. The Kier molecular flexibility index (Phi) is 6.18. The molecule has 1 atom stereocenters. The lowest BCUT2D eigenvalue weighted by Crippen LogP contribution is -2.29. The summed E-state index contributed by atoms with van der Waals surface area (Å²) < 4.78 is 26.8. The van der Waals surface area contributed by atoms with Crippen molar-refractivity contribution in [1.29, 1.82) is 0 Å². The first-order valence-corrected chi connectivity index (χ1v) is 10.2. The van der Waals surface area contributed by atoms with Crippen LogP contribution in [-0.2, 0) is 9.59 Å². The van der Waals surface area contributed by atoms with Crippen molar-refractivity contribution < 1.29 is 38.1 Å². The molecule has 1 amide bonds. The van der Waals surface area contributed by atoms with E-state index in [9.17, 15) is 14.7 Å². The Morgan fingerprint density at radius 1 is 0.853 bits per heavy atom. The number of ether oxygens (including phenoxy) is 4. The van der Waals surface area contributed by atoms with Crippen LogP contribution in [0.4, 0.5) is 5.69 Å². The van der Waals surface area contributed by atoms with Gasteiger partial charge in [-0.3, -0.25) is 14.5 Å². The van der Waals surface area contributed by atoms with Crippen molar-refractivity contribution in [2.75, 3.05) is 33.3 Å². The molecule has 9 nitrogen and oxygen atoms in total. The van der Waals surface area contributed by atoms with Crippen molar-refractivity contribution >= 4 is 23.1 Å². The third kappa shape index (κ3) is 3.71. The first kappa shape index (κ1) is 22.8. The second kappa shape index (κ2) is 9.22. The van der Waals surface area contributed by atoms with Gasteiger partial charge in [0.2, 0.25) is 0 Å². The van der Waals surface area contributed by atoms with Gasteiger partial charge in [-0.1, -0.05) is 0 Å². The van der Waals surface area contributed by atoms with Crippen molar-refractivity contribution in [3.63, 3.8) is 0 Å². The zero-order valence-corrected chi connectivity index (χ0v) is 19.0. The highest BCUT2D eigenvalue weighted by Crippen LogP contribution is 2.44. The summed E-state index contributed by atoms with van der Waals surface area (Å²) in [6.45, 7) is 0. The number of hydrogen-bond donors (Lipinski definition) is 1. The van der Waals surface area contributed by atoms with Crippen molar-refractivity contribution in [1.82, 2.24) is 0 Å². The summed E-state index contributed by atoms with van der Waals surface area (Å²) in [4.78, 5) is 27.7. The molecule has 176 valence electrons. The molecule has 1 aromatic heterocycles. The van der Waals surface area contributed by atoms with Gasteiger partial charge < -0.3 is 28.5 Å². The molecule has 1 N–H and O–H groups in total. The minimum absolute atomic E-state index is 0.123. The topological polar surface area (TPSA) is 108 Å². The number of rotatable bonds is 7. The number of benzene rings is 2. The van der Waals surface area contributed by atoms with Crippen molar-refractivity contribution in [3.05, 3.63) is 71.7 Å². The first-order valence-electron chi connectivity index (χ1n) is 10.2. The van der Waals surface area contributed by atoms with Gasteiger partial charge in [-0.2, -0.15) is 0 Å². The van der Waals surface area contributed by atoms with E-state index in [2.05, 4.69) is 0 Å². The minimum atomic E-state index is -1.01. The average Bonchev–Trinajstić information content (AvgIpc) is 3.49. The largest absolute Gasteiger partial charge is 0.507 e. The summed E-state index contributed by atoms with van der Waals surface area (Å²) in [7, 11) is 5.91. The van der Waals surface area contributed by atoms with Crippen LogP contribution in [0.25, 0.3) is 5.76 Å². The Hall–Kier alpha value is -4.40. The number of methoxy groups -OCH3 is 4. The van der Waals surface area contributed by atoms with Crippen molar-refractivity contribution in [3.8, 4) is 23.0 Å². The number of hydrogen-bond acceptors (Lipinski definition) is 8. The molecule has 2 aromatic carbocycles. The number of aliphatic hydroxyl groups is 1. The SMILES string of the molecule is COc1ccc(/C(O)=C2/C(=O)C(=O)N(c3ccc(OC)c(OC)c3)C2c2ccco2)cc1OC. The van der Waals surface area contributed by atoms with Crippen LogP contribution in [0.5, 0.6) is 23.0 Å². The maximum atomic E-state index is 13.2. The van der Waals surface area contributed by atoms with Crippen molar-refractivity contribution in [2.45, 2.75) is 6.04 Å². The molecule has 0 aliphatic carbocycles. The number of nitrogens with zero attached hydrogens (tertiary/aromatic N) is 1. The smallest absolute Gasteiger partial charge is 0.300 e. The van der Waals surface area contributed by atoms with Gasteiger partial charge in [0.15, 0.2) is 23.0 Å². The molecular weight excluding hydrogens is 442 g/mol. The molecule has 0 spiro atoms. The molecular formula is C25H23NO8. The third-order valence-electron chi connectivity index (χ3n) is 5.56. The summed E-state index contributed by atoms with van der Waals surface area (Å²) in [6, 6.07) is 11.8. The lowest BCUT2D eigenvalue weighted by atomic mass is 9.99. The number of carbonyl (C=O) groups is 2. The summed E-state index contributed by atoms with van der Waals surface area (Å²) in [5, 5.41) is 11.2. The van der Waals surface area contributed by atoms with Crippen LogP contribution in [0.3, 0.4) is 0 Å². The van der Waals surface area contributed by atoms with E-state index in [4.69, 9.17) is 23.4 Å². The van der Waals surface area contributed by atoms with E-state index in [0.29, 0.717) is 34.4 Å². The van der Waals surface area contributed by atoms with Gasteiger partial charge in [0.05, 0.1) is 40.3 Å². The van der Waals surface area contributed by atoms with E-state index in [0.717, 1.165) is 0 Å². The second-order valence-electron chi connectivity index (χ2n) is 7.29. The molecule has 9 heteroatoms. The van der Waals surface area contributed by atoms with E-state index in [1.54, 1.807) is 42.5 Å². The summed E-state index contributed by atoms with van der Waals surface area (Å²) in [5.74, 6) is -0.107.